The highest BCUT2D eigenvalue weighted by Gasteiger charge is 2.70. The summed E-state index contributed by atoms with van der Waals surface area (Å²) in [6.45, 7) is -2.54. The predicted molar refractivity (Wildman–Crippen MR) is 326 cm³/mol. The number of ether oxygens (including phenoxy) is 4. The second-order valence-corrected chi connectivity index (χ2v) is 56.0. The Bertz CT molecular complexity index is 5780. The maximum absolute atomic E-state index is 12.6. The molecule has 0 saturated carbocycles. The molecule has 0 aromatic rings. The van der Waals surface area contributed by atoms with E-state index in [1.807, 2.05) is 0 Å². The van der Waals surface area contributed by atoms with E-state index in [1.54, 1.807) is 0 Å². The lowest BCUT2D eigenvalue weighted by Crippen LogP contribution is -2.47. The van der Waals surface area contributed by atoms with Crippen LogP contribution < -0.4 is 0 Å². The number of halogens is 18. The van der Waals surface area contributed by atoms with Crippen LogP contribution in [-0.4, -0.2) is 291 Å². The summed E-state index contributed by atoms with van der Waals surface area (Å²) >= 11 is -8.84. The Morgan fingerprint density at radius 1 is 0.256 bits per heavy atom. The number of carbonyl (C=O) groups excluding carboxylic acids is 1. The fourth-order valence-corrected chi connectivity index (χ4v) is 31.3. The van der Waals surface area contributed by atoms with Gasteiger partial charge in [0.15, 0.2) is 20.4 Å². The van der Waals surface area contributed by atoms with Gasteiger partial charge in [0.2, 0.25) is 34.6 Å². The molecule has 0 amide bonds. The number of hydrogen-bond acceptors (Lipinski definition) is 62. The van der Waals surface area contributed by atoms with Gasteiger partial charge in [0.25, 0.3) is 127 Å². The van der Waals surface area contributed by atoms with Gasteiger partial charge < -0.3 is 17.8 Å². The van der Waals surface area contributed by atoms with Crippen molar-refractivity contribution in [3.63, 3.8) is 0 Å². The van der Waals surface area contributed by atoms with E-state index in [-0.39, 0.29) is 6.79 Å². The number of hydrogen-bond donors (Lipinski definition) is 0. The highest BCUT2D eigenvalue weighted by atomic mass is 32.4. The normalized spacial score (nSPS) is 30.4. The number of alkyl halides is 18. The van der Waals surface area contributed by atoms with Crippen molar-refractivity contribution in [2.75, 3.05) is 64.1 Å². The third kappa shape index (κ3) is 38.7. The van der Waals surface area contributed by atoms with Crippen LogP contribution in [0.3, 0.4) is 0 Å². The highest BCUT2D eigenvalue weighted by Crippen LogP contribution is 2.43. The first-order valence-electron chi connectivity index (χ1n) is 25.5. The van der Waals surface area contributed by atoms with Crippen molar-refractivity contribution in [3.8, 4) is 0 Å². The molecule has 0 unspecified atom stereocenters. The standard InChI is InChI=1S/C4H2F6O8S2.C4H6F2O6S2.C4H8O8S2.C3H2F4O6S2.C3H6O7S3.C2F2O7S2.C2H2F2O6S2.CF2O7S3.CH2O7S3/c5-2(6)15-3(7,8)17-19(11,12)1-20(13,14)18-4(9,10)16-2;5-4(6)1-11-13(7,8)3-14(9,10)12-2-4;5-13(6)4-14(7,8)12-3-10-1-9-2-11-13;4-2(5)3(6,7)13-15(10,11)1-14(8,9)12-2;1-3(2)12(5,6)9-11(4)10-13(3,7)8;3-2(4)12(6,7)10-1(5)11-13(2,8)9;3-2(4)9-11(5,6)1-12(7,8)10-2;2-1(3)12(5,6)9-11(4)10-13(1,7)8;2-9-7-10(3,4)1-11(5,6)8-9/h1H2;1-3H2;1-4H2;1H2;1-2H3;;1H2;;1H2. The third-order valence-electron chi connectivity index (χ3n) is 9.22. The molecule has 0 N–H and O–H groups in total. The van der Waals surface area contributed by atoms with Gasteiger partial charge in [0.1, 0.15) is 13.2 Å². The van der Waals surface area contributed by atoms with Crippen molar-refractivity contribution in [3.05, 3.63) is 0 Å². The van der Waals surface area contributed by atoms with E-state index in [2.05, 4.69) is 90.9 Å². The maximum Gasteiger partial charge on any atom is 0.540 e. The molecule has 62 nitrogen and oxygen atoms in total. The second-order valence-electron chi connectivity index (χ2n) is 19.9. The van der Waals surface area contributed by atoms with Crippen LogP contribution in [0.2, 0.25) is 0 Å². The van der Waals surface area contributed by atoms with E-state index in [9.17, 15) is 248 Å². The first-order chi connectivity index (χ1) is 54.2. The minimum Gasteiger partial charge on any atom is -0.328 e. The van der Waals surface area contributed by atoms with Crippen molar-refractivity contribution >= 4 is 222 Å². The Labute approximate surface area is 690 Å². The van der Waals surface area contributed by atoms with Gasteiger partial charge in [-0.25, -0.2) is 31.4 Å². The van der Waals surface area contributed by atoms with Crippen LogP contribution in [0.15, 0.2) is 0 Å². The number of carbonyl (C=O) groups is 1. The van der Waals surface area contributed by atoms with Crippen LogP contribution in [0.4, 0.5) is 83.8 Å². The first-order valence-corrected chi connectivity index (χ1v) is 55.9. The smallest absolute Gasteiger partial charge is 0.328 e. The summed E-state index contributed by atoms with van der Waals surface area (Å²) in [6.07, 6.45) is -35.2. The largest absolute Gasteiger partial charge is 0.540 e. The summed E-state index contributed by atoms with van der Waals surface area (Å²) in [6, 6.07) is 0. The zero-order chi connectivity index (χ0) is 99.6. The summed E-state index contributed by atoms with van der Waals surface area (Å²) in [4.78, 5) is 10.0. The monoisotopic (exact) mass is 2320 g/mol. The van der Waals surface area contributed by atoms with Gasteiger partial charge in [0, 0.05) is 0 Å². The van der Waals surface area contributed by atoms with Gasteiger partial charge in [-0.2, -0.15) is 224 Å². The molecule has 0 atom stereocenters. The molecular weight excluding hydrogens is 2300 g/mol. The molecule has 9 saturated heterocycles. The third-order valence-corrected chi connectivity index (χ3v) is 44.0. The van der Waals surface area contributed by atoms with Gasteiger partial charge in [-0.1, -0.05) is 0 Å². The predicted octanol–water partition coefficient (Wildman–Crippen LogP) is -7.37. The minimum atomic E-state index is -5.84. The molecular formula is C24H28F18O62S21. The zero-order valence-electron chi connectivity index (χ0n) is 56.0. The van der Waals surface area contributed by atoms with E-state index in [0.29, 0.717) is 0 Å². The fraction of sp³-hybridized carbons (Fsp3) is 0.958. The van der Waals surface area contributed by atoms with E-state index in [0.717, 1.165) is 13.8 Å². The van der Waals surface area contributed by atoms with Crippen LogP contribution in [-0.2, 0) is 307 Å². The maximum atomic E-state index is 12.6. The highest BCUT2D eigenvalue weighted by molar-refractivity contribution is 8.15. The summed E-state index contributed by atoms with van der Waals surface area (Å²) in [7, 11) is -89.8. The fourth-order valence-electron chi connectivity index (χ4n) is 4.87. The molecule has 9 aliphatic heterocycles. The molecule has 0 aromatic heterocycles. The van der Waals surface area contributed by atoms with E-state index >= 15 is 0 Å². The Hall–Kier alpha value is -3.24. The molecule has 9 aliphatic rings. The lowest BCUT2D eigenvalue weighted by atomic mass is 10.4. The van der Waals surface area contributed by atoms with Gasteiger partial charge >= 0.3 is 148 Å². The van der Waals surface area contributed by atoms with Gasteiger partial charge in [-0.15, -0.1) is 56.9 Å². The van der Waals surface area contributed by atoms with E-state index in [1.165, 1.54) is 0 Å². The zero-order valence-corrected chi connectivity index (χ0v) is 73.1. The van der Waals surface area contributed by atoms with Crippen molar-refractivity contribution in [2.45, 2.75) is 70.4 Å². The Kier molecular flexibility index (Phi) is 37.7. The molecule has 9 fully saturated rings. The van der Waals surface area contributed by atoms with E-state index in [4.69, 9.17) is 0 Å². The molecule has 0 aliphatic carbocycles. The molecule has 101 heteroatoms. The SMILES string of the molecule is CC1(C)S(=O)(=O)OS(=O)OS1(=O)=O.O=C1OS(=O)(=O)C(F)(F)S(=O)(=O)O1.O=S1(=O)CS(=O)(=O)OC(F)(F)C(F)(F)O1.O=S1(=O)CS(=O)(=O)OC(F)(F)O1.O=S1(=O)CS(=O)(=O)OC(F)(F)OC(F)(F)OC(F)(F)O1.O=S1(=O)CS(=O)(=O)OCC(F)(F)CO1.O=S1(=O)CS(=O)(=O)OCOCOCO1.O=S1OS(=O)(=O)C(F)(F)S(=O)(=O)O1.O=S1OS(=O)(=O)CS(=O)(=O)O1. The molecule has 0 bridgehead atoms. The first kappa shape index (κ1) is 120. The van der Waals surface area contributed by atoms with Crippen LogP contribution in [0, 0.1) is 0 Å². The molecule has 9 heterocycles. The topological polar surface area (TPSA) is 886 Å². The van der Waals surface area contributed by atoms with Crippen LogP contribution in [0.25, 0.3) is 0 Å². The molecule has 748 valence electrons. The van der Waals surface area contributed by atoms with Crippen LogP contribution in [0.1, 0.15) is 13.8 Å². The van der Waals surface area contributed by atoms with Gasteiger partial charge in [-0.05, 0) is 13.8 Å². The summed E-state index contributed by atoms with van der Waals surface area (Å²) in [5, 5.41) is -10.2. The summed E-state index contributed by atoms with van der Waals surface area (Å²) in [5.41, 5.74) is 0. The molecule has 9 rings (SSSR count). The van der Waals surface area contributed by atoms with Crippen molar-refractivity contribution in [1.29, 1.82) is 0 Å². The second kappa shape index (κ2) is 39.4. The average molecular weight is 2320 g/mol. The minimum absolute atomic E-state index is 0.314. The lowest BCUT2D eigenvalue weighted by Gasteiger charge is -2.26. The van der Waals surface area contributed by atoms with Gasteiger partial charge in [0.05, 0.1) is 0 Å². The summed E-state index contributed by atoms with van der Waals surface area (Å²) < 4.78 is 696. The summed E-state index contributed by atoms with van der Waals surface area (Å²) in [5.74, 6) is -3.64. The molecule has 0 aromatic carbocycles. The Morgan fingerprint density at radius 2 is 0.480 bits per heavy atom. The average Bonchev–Trinajstić information content (AvgIpc) is 1.23. The molecule has 125 heavy (non-hydrogen) atoms. The quantitative estimate of drug-likeness (QED) is 0.161. The molecule has 0 spiro atoms. The van der Waals surface area contributed by atoms with Gasteiger partial charge in [-0.3, -0.25) is 8.37 Å². The van der Waals surface area contributed by atoms with Crippen molar-refractivity contribution < 1.29 is 339 Å². The van der Waals surface area contributed by atoms with Crippen molar-refractivity contribution in [2.24, 2.45) is 0 Å². The van der Waals surface area contributed by atoms with Crippen LogP contribution in [0.5, 0.6) is 0 Å². The van der Waals surface area contributed by atoms with Crippen LogP contribution >= 0.6 is 0 Å². The molecule has 0 radical (unpaired) electrons. The van der Waals surface area contributed by atoms with E-state index < -0.39 is 336 Å². The van der Waals surface area contributed by atoms with Crippen molar-refractivity contribution in [1.82, 2.24) is 0 Å². The lowest BCUT2D eigenvalue weighted by molar-refractivity contribution is -0.562. The number of rotatable bonds is 0. The Balaban J connectivity index is 0.000000706. The Morgan fingerprint density at radius 3 is 0.752 bits per heavy atom.